The van der Waals surface area contributed by atoms with E-state index in [1.165, 1.54) is 44.1 Å². The lowest BCUT2D eigenvalue weighted by Gasteiger charge is -2.12. The molecule has 1 aromatic rings. The molecule has 0 aromatic carbocycles. The molecule has 1 heterocycles. The molecule has 1 unspecified atom stereocenters. The summed E-state index contributed by atoms with van der Waals surface area (Å²) >= 11 is 1.78. The summed E-state index contributed by atoms with van der Waals surface area (Å²) < 4.78 is 0. The zero-order chi connectivity index (χ0) is 11.6. The van der Waals surface area contributed by atoms with Gasteiger partial charge in [-0.25, -0.2) is 0 Å². The molecule has 2 heteroatoms. The van der Waals surface area contributed by atoms with E-state index in [1.54, 1.807) is 11.3 Å². The summed E-state index contributed by atoms with van der Waals surface area (Å²) in [5.74, 6) is 0. The summed E-state index contributed by atoms with van der Waals surface area (Å²) in [6.45, 7) is 5.67. The molecule has 0 aliphatic carbocycles. The molecule has 0 aliphatic rings. The highest BCUT2D eigenvalue weighted by atomic mass is 32.1. The van der Waals surface area contributed by atoms with Crippen LogP contribution in [0.3, 0.4) is 0 Å². The Hall–Kier alpha value is -0.340. The van der Waals surface area contributed by atoms with Crippen molar-refractivity contribution in [1.82, 2.24) is 5.32 Å². The maximum Gasteiger partial charge on any atom is 0.0300 e. The van der Waals surface area contributed by atoms with Crippen LogP contribution in [0.1, 0.15) is 64.0 Å². The van der Waals surface area contributed by atoms with E-state index in [4.69, 9.17) is 0 Å². The van der Waals surface area contributed by atoms with E-state index in [2.05, 4.69) is 36.0 Å². The lowest BCUT2D eigenvalue weighted by atomic mass is 10.1. The van der Waals surface area contributed by atoms with Gasteiger partial charge in [0.1, 0.15) is 0 Å². The van der Waals surface area contributed by atoms with Crippen LogP contribution >= 0.6 is 11.3 Å². The predicted octanol–water partition coefficient (Wildman–Crippen LogP) is 4.76. The zero-order valence-corrected chi connectivity index (χ0v) is 11.5. The van der Waals surface area contributed by atoms with Crippen LogP contribution in [-0.4, -0.2) is 6.54 Å². The number of nitrogens with one attached hydrogen (secondary N) is 1. The van der Waals surface area contributed by atoms with E-state index < -0.39 is 0 Å². The monoisotopic (exact) mass is 239 g/mol. The van der Waals surface area contributed by atoms with Crippen LogP contribution in [-0.2, 0) is 0 Å². The van der Waals surface area contributed by atoms with Gasteiger partial charge in [-0.3, -0.25) is 0 Å². The Labute approximate surface area is 104 Å². The third-order valence-corrected chi connectivity index (χ3v) is 3.73. The molecule has 0 radical (unpaired) electrons. The molecule has 16 heavy (non-hydrogen) atoms. The van der Waals surface area contributed by atoms with Crippen molar-refractivity contribution in [3.05, 3.63) is 22.4 Å². The van der Waals surface area contributed by atoms with Gasteiger partial charge < -0.3 is 5.32 Å². The molecule has 92 valence electrons. The number of unbranched alkanes of at least 4 members (excludes halogenated alkanes) is 5. The Morgan fingerprint density at radius 1 is 1.19 bits per heavy atom. The second-order valence-electron chi connectivity index (χ2n) is 4.50. The summed E-state index contributed by atoms with van der Waals surface area (Å²) in [5.41, 5.74) is 1.43. The molecule has 0 bridgehead atoms. The molecular weight excluding hydrogens is 214 g/mol. The van der Waals surface area contributed by atoms with Crippen molar-refractivity contribution in [2.75, 3.05) is 6.54 Å². The molecule has 0 saturated heterocycles. The Morgan fingerprint density at radius 2 is 1.94 bits per heavy atom. The van der Waals surface area contributed by atoms with E-state index in [-0.39, 0.29) is 0 Å². The largest absolute Gasteiger partial charge is 0.310 e. The fourth-order valence-corrected chi connectivity index (χ4v) is 2.62. The van der Waals surface area contributed by atoms with Gasteiger partial charge in [-0.05, 0) is 42.3 Å². The predicted molar refractivity (Wildman–Crippen MR) is 74.1 cm³/mol. The van der Waals surface area contributed by atoms with Crippen LogP contribution in [0.4, 0.5) is 0 Å². The number of hydrogen-bond acceptors (Lipinski definition) is 2. The smallest absolute Gasteiger partial charge is 0.0300 e. The fourth-order valence-electron chi connectivity index (χ4n) is 1.86. The van der Waals surface area contributed by atoms with Crippen LogP contribution in [0.25, 0.3) is 0 Å². The average molecular weight is 239 g/mol. The summed E-state index contributed by atoms with van der Waals surface area (Å²) in [4.78, 5) is 0. The van der Waals surface area contributed by atoms with Gasteiger partial charge in [-0.15, -0.1) is 0 Å². The van der Waals surface area contributed by atoms with Crippen molar-refractivity contribution >= 4 is 11.3 Å². The van der Waals surface area contributed by atoms with Crippen molar-refractivity contribution in [2.45, 2.75) is 58.4 Å². The van der Waals surface area contributed by atoms with Gasteiger partial charge in [0.15, 0.2) is 0 Å². The minimum absolute atomic E-state index is 0.516. The zero-order valence-electron chi connectivity index (χ0n) is 10.7. The van der Waals surface area contributed by atoms with E-state index in [0.29, 0.717) is 6.04 Å². The summed E-state index contributed by atoms with van der Waals surface area (Å²) in [6.07, 6.45) is 8.26. The van der Waals surface area contributed by atoms with Crippen molar-refractivity contribution in [1.29, 1.82) is 0 Å². The maximum absolute atomic E-state index is 3.58. The van der Waals surface area contributed by atoms with E-state index in [1.807, 2.05) is 0 Å². The number of hydrogen-bond donors (Lipinski definition) is 1. The summed E-state index contributed by atoms with van der Waals surface area (Å²) in [5, 5.41) is 7.97. The lowest BCUT2D eigenvalue weighted by molar-refractivity contribution is 0.528. The minimum atomic E-state index is 0.516. The van der Waals surface area contributed by atoms with Crippen molar-refractivity contribution in [2.24, 2.45) is 0 Å². The molecule has 1 rings (SSSR count). The molecule has 0 spiro atoms. The van der Waals surface area contributed by atoms with Crippen LogP contribution in [0.5, 0.6) is 0 Å². The number of thiophene rings is 1. The average Bonchev–Trinajstić information content (AvgIpc) is 2.81. The van der Waals surface area contributed by atoms with Crippen molar-refractivity contribution in [3.63, 3.8) is 0 Å². The van der Waals surface area contributed by atoms with E-state index in [0.717, 1.165) is 6.54 Å². The maximum atomic E-state index is 3.58. The molecule has 0 aliphatic heterocycles. The summed E-state index contributed by atoms with van der Waals surface area (Å²) in [7, 11) is 0. The molecule has 0 saturated carbocycles. The summed E-state index contributed by atoms with van der Waals surface area (Å²) in [6, 6.07) is 2.73. The third kappa shape index (κ3) is 5.66. The Kier molecular flexibility index (Phi) is 7.52. The Morgan fingerprint density at radius 3 is 2.62 bits per heavy atom. The van der Waals surface area contributed by atoms with Crippen LogP contribution in [0.15, 0.2) is 16.8 Å². The van der Waals surface area contributed by atoms with E-state index in [9.17, 15) is 0 Å². The first-order valence-electron chi connectivity index (χ1n) is 6.60. The van der Waals surface area contributed by atoms with Crippen molar-refractivity contribution < 1.29 is 0 Å². The van der Waals surface area contributed by atoms with Gasteiger partial charge in [0, 0.05) is 6.04 Å². The molecule has 0 fully saturated rings. The Balaban J connectivity index is 1.95. The third-order valence-electron chi connectivity index (χ3n) is 3.02. The second kappa shape index (κ2) is 8.77. The highest BCUT2D eigenvalue weighted by molar-refractivity contribution is 7.07. The molecule has 1 nitrogen and oxygen atoms in total. The standard InChI is InChI=1S/C14H25NS/c1-3-4-5-6-7-8-10-15-13(2)14-9-11-16-12-14/h9,11-13,15H,3-8,10H2,1-2H3. The Bertz CT molecular complexity index is 243. The van der Waals surface area contributed by atoms with Gasteiger partial charge >= 0.3 is 0 Å². The molecule has 1 aromatic heterocycles. The molecule has 1 atom stereocenters. The second-order valence-corrected chi connectivity index (χ2v) is 5.28. The molecule has 0 amide bonds. The lowest BCUT2D eigenvalue weighted by Crippen LogP contribution is -2.19. The first kappa shape index (κ1) is 13.7. The van der Waals surface area contributed by atoms with Crippen molar-refractivity contribution in [3.8, 4) is 0 Å². The van der Waals surface area contributed by atoms with Gasteiger partial charge in [0.2, 0.25) is 0 Å². The topological polar surface area (TPSA) is 12.0 Å². The highest BCUT2D eigenvalue weighted by Gasteiger charge is 2.03. The normalized spacial score (nSPS) is 12.9. The van der Waals surface area contributed by atoms with Gasteiger partial charge in [0.05, 0.1) is 0 Å². The molecule has 1 N–H and O–H groups in total. The van der Waals surface area contributed by atoms with E-state index >= 15 is 0 Å². The molecular formula is C14H25NS. The first-order valence-corrected chi connectivity index (χ1v) is 7.54. The van der Waals surface area contributed by atoms with Crippen LogP contribution < -0.4 is 5.32 Å². The minimum Gasteiger partial charge on any atom is -0.310 e. The SMILES string of the molecule is CCCCCCCCNC(C)c1ccsc1. The fraction of sp³-hybridized carbons (Fsp3) is 0.714. The number of rotatable bonds is 9. The quantitative estimate of drug-likeness (QED) is 0.613. The first-order chi connectivity index (χ1) is 7.84. The van der Waals surface area contributed by atoms with Crippen LogP contribution in [0.2, 0.25) is 0 Å². The highest BCUT2D eigenvalue weighted by Crippen LogP contribution is 2.15. The van der Waals surface area contributed by atoms with Crippen LogP contribution in [0, 0.1) is 0 Å². The van der Waals surface area contributed by atoms with Gasteiger partial charge in [-0.1, -0.05) is 39.0 Å². The van der Waals surface area contributed by atoms with Gasteiger partial charge in [0.25, 0.3) is 0 Å². The van der Waals surface area contributed by atoms with Gasteiger partial charge in [-0.2, -0.15) is 11.3 Å².